The van der Waals surface area contributed by atoms with Gasteiger partial charge >= 0.3 is 67.8 Å². The Kier molecular flexibility index (Phi) is 84.8. The zero-order valence-corrected chi connectivity index (χ0v) is 21.5. The van der Waals surface area contributed by atoms with E-state index in [-0.39, 0.29) is 45.0 Å². The molecule has 0 aromatic carbocycles. The van der Waals surface area contributed by atoms with Crippen molar-refractivity contribution in [2.24, 2.45) is 34.4 Å². The van der Waals surface area contributed by atoms with Crippen LogP contribution >= 0.6 is 0 Å². The van der Waals surface area contributed by atoms with Crippen LogP contribution in [-0.2, 0) is 0 Å². The van der Waals surface area contributed by atoms with Crippen molar-refractivity contribution in [2.45, 2.75) is 22.7 Å². The third-order valence-corrected chi connectivity index (χ3v) is 3.35. The molecule has 172 valence electrons. The van der Waals surface area contributed by atoms with Crippen LogP contribution in [0.3, 0.4) is 0 Å². The first kappa shape index (κ1) is 50.7. The fraction of sp³-hybridized carbons (Fsp3) is 0.400. The molecule has 0 spiro atoms. The number of nitrogens with two attached hydrogens (primary N) is 6. The Hall–Kier alpha value is -2.78. The second kappa shape index (κ2) is 50.2. The Morgan fingerprint density at radius 1 is 0.500 bits per heavy atom. The third-order valence-electron chi connectivity index (χ3n) is 0.500. The molecule has 0 heterocycles. The summed E-state index contributed by atoms with van der Waals surface area (Å²) in [4.78, 5) is 52.0. The zero-order chi connectivity index (χ0) is 25.6. The Bertz CT molecular complexity index is 323. The number of primary amides is 6. The van der Waals surface area contributed by atoms with Gasteiger partial charge in [-0.1, -0.05) is 0 Å². The summed E-state index contributed by atoms with van der Waals surface area (Å²) in [5.41, 5.74) is 23.5. The van der Waals surface area contributed by atoms with Crippen LogP contribution in [0.5, 0.6) is 0 Å². The fourth-order valence-electron chi connectivity index (χ4n) is 0.250. The van der Waals surface area contributed by atoms with Crippen LogP contribution in [0.4, 0.5) is 28.8 Å². The van der Waals surface area contributed by atoms with Crippen LogP contribution in [-0.4, -0.2) is 81.6 Å². The Labute approximate surface area is 197 Å². The van der Waals surface area contributed by atoms with Gasteiger partial charge in [-0.3, -0.25) is 0 Å². The van der Waals surface area contributed by atoms with Crippen LogP contribution < -0.4 is 65.0 Å². The van der Waals surface area contributed by atoms with Crippen LogP contribution in [0.25, 0.3) is 0 Å². The summed E-state index contributed by atoms with van der Waals surface area (Å²) in [6.07, 6.45) is -9.50. The van der Waals surface area contributed by atoms with E-state index in [9.17, 15) is 0 Å². The molecule has 0 aliphatic rings. The van der Waals surface area contributed by atoms with E-state index >= 15 is 0 Å². The monoisotopic (exact) mass is 658 g/mol. The number of hydrogen-bond donors (Lipinski definition) is 6. The maximum Gasteiger partial charge on any atom is 4.00 e. The van der Waals surface area contributed by atoms with Gasteiger partial charge in [0.2, 0.25) is 0 Å². The molecule has 0 fully saturated rings. The zero-order valence-electron chi connectivity index (χ0n) is 15.8. The predicted octanol–water partition coefficient (Wildman–Crippen LogP) is -9.08. The number of hydrogen-bond acceptors (Lipinski definition) is 12. The van der Waals surface area contributed by atoms with Crippen molar-refractivity contribution in [1.82, 2.24) is 0 Å². The van der Waals surface area contributed by atoms with E-state index in [2.05, 4.69) is 48.2 Å². The largest absolute Gasteiger partial charge is 4.00 e. The number of carboxylic acid groups (broad SMARTS) is 6. The van der Waals surface area contributed by atoms with Crippen LogP contribution in [0.2, 0.25) is 8.87 Å². The molecule has 0 saturated carbocycles. The van der Waals surface area contributed by atoms with E-state index in [4.69, 9.17) is 59.4 Å². The van der Waals surface area contributed by atoms with Gasteiger partial charge in [0.05, 0.1) is 0 Å². The SMILES string of the molecule is C[CH2][Sn+2][CH2]C.NC(=O)[O-].NC(=O)[O-].NC(=O)[O-].NC(=O)[O-].NC(=O)[O-].NC(=O)[O-].[Sn+4]. The van der Waals surface area contributed by atoms with Crippen LogP contribution in [0.1, 0.15) is 13.8 Å². The van der Waals surface area contributed by atoms with Crippen molar-refractivity contribution in [3.05, 3.63) is 0 Å². The third kappa shape index (κ3) is 24100. The normalized spacial score (nSPS) is 5.93. The standard InChI is InChI=1S/2C2H5.6CH3NO2.2Sn/c2*1-2;6*2-1(3)4;;/h2*1H2,2H3;6*2H2,(H,3,4);;/q;;;;;;;;+2;+4/p-6. The van der Waals surface area contributed by atoms with Crippen molar-refractivity contribution < 1.29 is 59.4 Å². The van der Waals surface area contributed by atoms with Gasteiger partial charge in [-0.25, -0.2) is 0 Å². The van der Waals surface area contributed by atoms with Gasteiger partial charge in [0, 0.05) is 0 Å². The predicted molar refractivity (Wildman–Crippen MR) is 90.0 cm³/mol. The average Bonchev–Trinajstić information content (AvgIpc) is 2.34. The minimum Gasteiger partial charge on any atom is -0.530 e. The minimum absolute atomic E-state index is 0. The topological polar surface area (TPSA) is 397 Å². The van der Waals surface area contributed by atoms with Gasteiger partial charge in [-0.15, -0.1) is 0 Å². The number of rotatable bonds is 2. The molecule has 0 atom stereocenters. The van der Waals surface area contributed by atoms with Gasteiger partial charge < -0.3 is 93.8 Å². The molecule has 0 rings (SSSR count). The second-order valence-electron chi connectivity index (χ2n) is 2.87. The molecule has 0 radical (unpaired) electrons. The van der Waals surface area contributed by atoms with Gasteiger partial charge in [0.1, 0.15) is 36.6 Å². The van der Waals surface area contributed by atoms with Gasteiger partial charge in [0.25, 0.3) is 0 Å². The quantitative estimate of drug-likeness (QED) is 0.151. The summed E-state index contributed by atoms with van der Waals surface area (Å²) in [6.45, 7) is 4.57. The Balaban J connectivity index is -0.0000000313. The van der Waals surface area contributed by atoms with Crippen molar-refractivity contribution in [2.75, 3.05) is 0 Å². The number of amides is 6. The summed E-state index contributed by atoms with van der Waals surface area (Å²) in [5.74, 6) is 0. The van der Waals surface area contributed by atoms with Crippen LogP contribution in [0, 0.1) is 0 Å². The molecule has 0 bridgehead atoms. The second-order valence-corrected chi connectivity index (χ2v) is 8.33. The summed E-state index contributed by atoms with van der Waals surface area (Å²) in [6, 6.07) is 0. The van der Waals surface area contributed by atoms with Crippen LogP contribution in [0.15, 0.2) is 0 Å². The molecule has 0 aromatic rings. The van der Waals surface area contributed by atoms with E-state index in [1.54, 1.807) is 0 Å². The molecule has 0 unspecified atom stereocenters. The molecule has 0 aliphatic carbocycles. The first-order valence-electron chi connectivity index (χ1n) is 6.30. The number of carbonyl (C=O) groups is 6. The van der Waals surface area contributed by atoms with E-state index in [1.807, 2.05) is 0 Å². The van der Waals surface area contributed by atoms with Gasteiger partial charge in [-0.2, -0.15) is 0 Å². The van der Waals surface area contributed by atoms with Crippen molar-refractivity contribution in [3.63, 3.8) is 0 Å². The Morgan fingerprint density at radius 3 is 0.567 bits per heavy atom. The van der Waals surface area contributed by atoms with E-state index in [0.717, 1.165) is 0 Å². The maximum absolute atomic E-state index is 8.67. The van der Waals surface area contributed by atoms with E-state index in [0.29, 0.717) is 0 Å². The van der Waals surface area contributed by atoms with E-state index in [1.165, 1.54) is 8.87 Å². The van der Waals surface area contributed by atoms with Crippen molar-refractivity contribution >= 4 is 81.6 Å². The molecular formula is C10H22N6O12Sn2. The fourth-order valence-corrected chi connectivity index (χ4v) is 1.68. The molecule has 6 amide bonds. The summed E-state index contributed by atoms with van der Waals surface area (Å²) in [7, 11) is 0. The smallest absolute Gasteiger partial charge is 0.530 e. The molecule has 12 N–H and O–H groups in total. The molecule has 18 nitrogen and oxygen atoms in total. The molecule has 20 heteroatoms. The minimum atomic E-state index is -1.58. The Morgan fingerprint density at radius 2 is 0.567 bits per heavy atom. The summed E-state index contributed by atoms with van der Waals surface area (Å²) < 4.78 is 3.03. The molecule has 0 saturated heterocycles. The molecule has 0 aromatic heterocycles. The number of carbonyl (C=O) groups excluding carboxylic acids is 6. The maximum atomic E-state index is 8.67. The average molecular weight is 656 g/mol. The first-order chi connectivity index (χ1) is 12.8. The van der Waals surface area contributed by atoms with Crippen molar-refractivity contribution in [1.29, 1.82) is 0 Å². The molecular weight excluding hydrogens is 634 g/mol. The van der Waals surface area contributed by atoms with E-state index < -0.39 is 36.6 Å². The molecule has 30 heavy (non-hydrogen) atoms. The first-order valence-corrected chi connectivity index (χ1v) is 10.3. The summed E-state index contributed by atoms with van der Waals surface area (Å²) in [5, 5.41) is 52.0. The van der Waals surface area contributed by atoms with Crippen molar-refractivity contribution in [3.8, 4) is 0 Å². The van der Waals surface area contributed by atoms with Gasteiger partial charge in [-0.05, 0) is 0 Å². The molecule has 0 aliphatic heterocycles. The van der Waals surface area contributed by atoms with Gasteiger partial charge in [0.15, 0.2) is 0 Å². The summed E-state index contributed by atoms with van der Waals surface area (Å²) >= 11 is 0.218.